The summed E-state index contributed by atoms with van der Waals surface area (Å²) >= 11 is 1.56. The van der Waals surface area contributed by atoms with Gasteiger partial charge < -0.3 is 10.4 Å². The Morgan fingerprint density at radius 3 is 3.05 bits per heavy atom. The molecular formula is C14H22N2O2S. The maximum absolute atomic E-state index is 12.1. The van der Waals surface area contributed by atoms with Gasteiger partial charge in [-0.05, 0) is 25.7 Å². The lowest BCUT2D eigenvalue weighted by atomic mass is 9.77. The van der Waals surface area contributed by atoms with E-state index in [-0.39, 0.29) is 12.5 Å². The molecule has 1 aliphatic carbocycles. The van der Waals surface area contributed by atoms with Crippen LogP contribution in [-0.4, -0.2) is 28.1 Å². The summed E-state index contributed by atoms with van der Waals surface area (Å²) in [5.41, 5.74) is 0.400. The molecule has 1 amide bonds. The SMILES string of the molecule is Cc1nc(CC(=O)NC2(CO)CCCC(C)C2)cs1. The molecule has 2 unspecified atom stereocenters. The zero-order chi connectivity index (χ0) is 13.9. The van der Waals surface area contributed by atoms with Crippen molar-refractivity contribution in [3.8, 4) is 0 Å². The Balaban J connectivity index is 1.96. The molecule has 2 N–H and O–H groups in total. The van der Waals surface area contributed by atoms with Crippen LogP contribution in [0.5, 0.6) is 0 Å². The predicted octanol–water partition coefficient (Wildman–Crippen LogP) is 2.05. The van der Waals surface area contributed by atoms with Crippen molar-refractivity contribution in [3.05, 3.63) is 16.1 Å². The topological polar surface area (TPSA) is 62.2 Å². The molecule has 2 atom stereocenters. The van der Waals surface area contributed by atoms with Gasteiger partial charge in [-0.1, -0.05) is 19.8 Å². The normalized spacial score (nSPS) is 27.2. The summed E-state index contributed by atoms with van der Waals surface area (Å²) in [4.78, 5) is 16.4. The Hall–Kier alpha value is -0.940. The van der Waals surface area contributed by atoms with E-state index in [1.807, 2.05) is 12.3 Å². The minimum absolute atomic E-state index is 0.0270. The molecule has 0 bridgehead atoms. The van der Waals surface area contributed by atoms with Crippen LogP contribution in [0.3, 0.4) is 0 Å². The van der Waals surface area contributed by atoms with Crippen molar-refractivity contribution in [1.29, 1.82) is 0 Å². The van der Waals surface area contributed by atoms with E-state index in [2.05, 4.69) is 17.2 Å². The molecule has 1 aliphatic rings. The quantitative estimate of drug-likeness (QED) is 0.888. The molecule has 1 aromatic rings. The van der Waals surface area contributed by atoms with Crippen LogP contribution >= 0.6 is 11.3 Å². The smallest absolute Gasteiger partial charge is 0.226 e. The fourth-order valence-electron chi connectivity index (χ4n) is 2.95. The Morgan fingerprint density at radius 2 is 2.47 bits per heavy atom. The molecule has 4 nitrogen and oxygen atoms in total. The molecule has 19 heavy (non-hydrogen) atoms. The zero-order valence-corrected chi connectivity index (χ0v) is 12.4. The second kappa shape index (κ2) is 6.01. The van der Waals surface area contributed by atoms with E-state index in [0.29, 0.717) is 12.3 Å². The van der Waals surface area contributed by atoms with E-state index in [4.69, 9.17) is 0 Å². The second-order valence-electron chi connectivity index (χ2n) is 5.72. The molecule has 5 heteroatoms. The van der Waals surface area contributed by atoms with Crippen molar-refractivity contribution in [3.63, 3.8) is 0 Å². The highest BCUT2D eigenvalue weighted by Crippen LogP contribution is 2.32. The van der Waals surface area contributed by atoms with Gasteiger partial charge in [0.2, 0.25) is 5.91 Å². The van der Waals surface area contributed by atoms with Gasteiger partial charge in [-0.2, -0.15) is 0 Å². The third kappa shape index (κ3) is 3.76. The van der Waals surface area contributed by atoms with Crippen LogP contribution in [0.2, 0.25) is 0 Å². The van der Waals surface area contributed by atoms with E-state index in [9.17, 15) is 9.90 Å². The molecule has 106 valence electrons. The molecule has 0 spiro atoms. The number of nitrogens with one attached hydrogen (secondary N) is 1. The van der Waals surface area contributed by atoms with Gasteiger partial charge in [0.25, 0.3) is 0 Å². The van der Waals surface area contributed by atoms with Crippen LogP contribution < -0.4 is 5.32 Å². The third-order valence-electron chi connectivity index (χ3n) is 3.81. The minimum atomic E-state index is -0.417. The highest BCUT2D eigenvalue weighted by atomic mass is 32.1. The molecule has 0 aliphatic heterocycles. The summed E-state index contributed by atoms with van der Waals surface area (Å²) in [5, 5.41) is 15.6. The lowest BCUT2D eigenvalue weighted by Gasteiger charge is -2.39. The molecule has 1 heterocycles. The Bertz CT molecular complexity index is 446. The summed E-state index contributed by atoms with van der Waals surface area (Å²) in [6, 6.07) is 0. The zero-order valence-electron chi connectivity index (χ0n) is 11.6. The fourth-order valence-corrected chi connectivity index (χ4v) is 3.56. The number of hydrogen-bond donors (Lipinski definition) is 2. The second-order valence-corrected chi connectivity index (χ2v) is 6.79. The first-order valence-corrected chi connectivity index (χ1v) is 7.74. The van der Waals surface area contributed by atoms with Gasteiger partial charge in [0.05, 0.1) is 29.3 Å². The minimum Gasteiger partial charge on any atom is -0.394 e. The number of amides is 1. The molecule has 1 fully saturated rings. The number of thiazole rings is 1. The summed E-state index contributed by atoms with van der Waals surface area (Å²) in [5.74, 6) is 0.524. The van der Waals surface area contributed by atoms with Crippen LogP contribution in [0, 0.1) is 12.8 Å². The molecule has 0 radical (unpaired) electrons. The van der Waals surface area contributed by atoms with Crippen molar-refractivity contribution < 1.29 is 9.90 Å². The van der Waals surface area contributed by atoms with Crippen LogP contribution in [-0.2, 0) is 11.2 Å². The molecular weight excluding hydrogens is 260 g/mol. The number of nitrogens with zero attached hydrogens (tertiary/aromatic N) is 1. The van der Waals surface area contributed by atoms with Gasteiger partial charge in [0.15, 0.2) is 0 Å². The first-order chi connectivity index (χ1) is 9.03. The van der Waals surface area contributed by atoms with Gasteiger partial charge in [-0.3, -0.25) is 4.79 Å². The maximum atomic E-state index is 12.1. The van der Waals surface area contributed by atoms with Gasteiger partial charge >= 0.3 is 0 Å². The average Bonchev–Trinajstić information content (AvgIpc) is 2.74. The van der Waals surface area contributed by atoms with Gasteiger partial charge in [-0.25, -0.2) is 4.98 Å². The Kier molecular flexibility index (Phi) is 4.58. The number of rotatable bonds is 4. The number of aliphatic hydroxyl groups is 1. The van der Waals surface area contributed by atoms with E-state index in [0.717, 1.165) is 30.0 Å². The number of aromatic nitrogens is 1. The monoisotopic (exact) mass is 282 g/mol. The number of hydrogen-bond acceptors (Lipinski definition) is 4. The van der Waals surface area contributed by atoms with Crippen LogP contribution in [0.15, 0.2) is 5.38 Å². The average molecular weight is 282 g/mol. The maximum Gasteiger partial charge on any atom is 0.226 e. The summed E-state index contributed by atoms with van der Waals surface area (Å²) in [7, 11) is 0. The molecule has 0 saturated heterocycles. The van der Waals surface area contributed by atoms with Crippen LogP contribution in [0.4, 0.5) is 0 Å². The summed E-state index contributed by atoms with van der Waals surface area (Å²) < 4.78 is 0. The lowest BCUT2D eigenvalue weighted by Crippen LogP contribution is -2.54. The molecule has 1 aromatic heterocycles. The van der Waals surface area contributed by atoms with E-state index in [1.54, 1.807) is 11.3 Å². The standard InChI is InChI=1S/C14H22N2O2S/c1-10-4-3-5-14(7-10,9-17)16-13(18)6-12-8-19-11(2)15-12/h8,10,17H,3-7,9H2,1-2H3,(H,16,18). The van der Waals surface area contributed by atoms with Gasteiger partial charge in [0, 0.05) is 5.38 Å². The first kappa shape index (κ1) is 14.5. The van der Waals surface area contributed by atoms with Crippen molar-refractivity contribution in [2.24, 2.45) is 5.92 Å². The fraction of sp³-hybridized carbons (Fsp3) is 0.714. The highest BCUT2D eigenvalue weighted by Gasteiger charge is 2.35. The predicted molar refractivity (Wildman–Crippen MR) is 76.1 cm³/mol. The largest absolute Gasteiger partial charge is 0.394 e. The van der Waals surface area contributed by atoms with E-state index < -0.39 is 5.54 Å². The van der Waals surface area contributed by atoms with Gasteiger partial charge in [-0.15, -0.1) is 11.3 Å². The van der Waals surface area contributed by atoms with Crippen molar-refractivity contribution in [2.75, 3.05) is 6.61 Å². The molecule has 1 saturated carbocycles. The van der Waals surface area contributed by atoms with Gasteiger partial charge in [0.1, 0.15) is 0 Å². The third-order valence-corrected chi connectivity index (χ3v) is 4.63. The number of carbonyl (C=O) groups excluding carboxylic acids is 1. The molecule has 0 aromatic carbocycles. The Labute approximate surface area is 118 Å². The van der Waals surface area contributed by atoms with E-state index >= 15 is 0 Å². The highest BCUT2D eigenvalue weighted by molar-refractivity contribution is 7.09. The molecule has 2 rings (SSSR count). The van der Waals surface area contributed by atoms with Crippen molar-refractivity contribution in [2.45, 2.75) is 51.5 Å². The number of aryl methyl sites for hydroxylation is 1. The summed E-state index contributed by atoms with van der Waals surface area (Å²) in [6.07, 6.45) is 4.29. The first-order valence-electron chi connectivity index (χ1n) is 6.86. The van der Waals surface area contributed by atoms with Crippen LogP contribution in [0.25, 0.3) is 0 Å². The van der Waals surface area contributed by atoms with Crippen LogP contribution in [0.1, 0.15) is 43.3 Å². The number of carbonyl (C=O) groups is 1. The van der Waals surface area contributed by atoms with Crippen molar-refractivity contribution in [1.82, 2.24) is 10.3 Å². The van der Waals surface area contributed by atoms with E-state index in [1.165, 1.54) is 6.42 Å². The number of aliphatic hydroxyl groups excluding tert-OH is 1. The van der Waals surface area contributed by atoms with Crippen molar-refractivity contribution >= 4 is 17.2 Å². The summed E-state index contributed by atoms with van der Waals surface area (Å²) in [6.45, 7) is 4.14. The lowest BCUT2D eigenvalue weighted by molar-refractivity contribution is -0.123. The Morgan fingerprint density at radius 1 is 1.68 bits per heavy atom.